The normalized spacial score (nSPS) is 42.7. The highest BCUT2D eigenvalue weighted by Gasteiger charge is 2.54. The number of hydrogen-bond acceptors (Lipinski definition) is 8. The minimum absolute atomic E-state index is 0.0806. The number of likely N-dealkylation sites (tertiary alicyclic amines) is 1. The number of hydrogen-bond donors (Lipinski definition) is 5. The number of nitrogens with one attached hydrogen (secondary N) is 2. The van der Waals surface area contributed by atoms with Gasteiger partial charge < -0.3 is 25.4 Å². The van der Waals surface area contributed by atoms with Crippen molar-refractivity contribution in [2.24, 2.45) is 11.7 Å². The van der Waals surface area contributed by atoms with E-state index in [-0.39, 0.29) is 36.8 Å². The quantitative estimate of drug-likeness (QED) is 0.425. The number of benzene rings is 1. The molecule has 6 N–H and O–H groups in total. The van der Waals surface area contributed by atoms with E-state index in [1.807, 2.05) is 4.90 Å². The van der Waals surface area contributed by atoms with E-state index < -0.39 is 42.3 Å². The molecule has 0 radical (unpaired) electrons. The smallest absolute Gasteiger partial charge is 0.162 e. The molecule has 0 aromatic heterocycles. The average molecular weight is 412 g/mol. The van der Waals surface area contributed by atoms with Gasteiger partial charge in [0.05, 0.1) is 18.9 Å². The van der Waals surface area contributed by atoms with E-state index in [9.17, 15) is 19.0 Å². The molecule has 4 aliphatic heterocycles. The number of aliphatic hydroxyl groups is 2. The molecular formula is C19H26F2N4O4. The topological polar surface area (TPSA) is 112 Å². The van der Waals surface area contributed by atoms with Crippen molar-refractivity contribution in [3.63, 3.8) is 0 Å². The first-order valence-electron chi connectivity index (χ1n) is 10.1. The van der Waals surface area contributed by atoms with Gasteiger partial charge in [0.15, 0.2) is 11.6 Å². The summed E-state index contributed by atoms with van der Waals surface area (Å²) in [7, 11) is 0. The summed E-state index contributed by atoms with van der Waals surface area (Å²) < 4.78 is 39.8. The molecule has 1 aromatic rings. The SMILES string of the molecule is NC1NCNC2C1CCN2[C@@H]1O[C@H]([C@@H]2OCCc3c2ccc(F)c3F)[C@@H](O)[C@H]1O. The summed E-state index contributed by atoms with van der Waals surface area (Å²) in [5.41, 5.74) is 6.84. The molecule has 8 atom stereocenters. The number of aliphatic hydroxyl groups excluding tert-OH is 2. The number of fused-ring (bicyclic) bond motifs is 2. The minimum Gasteiger partial charge on any atom is -0.387 e. The van der Waals surface area contributed by atoms with Crippen molar-refractivity contribution in [1.29, 1.82) is 0 Å². The van der Waals surface area contributed by atoms with Gasteiger partial charge in [0, 0.05) is 19.1 Å². The standard InChI is InChI=1S/C19H26F2N4O4/c20-11-2-1-9-8(12(11)21)4-6-28-15(9)16-13(26)14(27)19(29-16)25-5-3-10-17(22)23-7-24-18(10)25/h1-2,10,13-19,23-24,26-27H,3-7,22H2/t10?,13-,14+,15+,16-,17?,18?,19+/m0/s1. The highest BCUT2D eigenvalue weighted by atomic mass is 19.2. The predicted octanol–water partition coefficient (Wildman–Crippen LogP) is -0.892. The maximum absolute atomic E-state index is 14.2. The lowest BCUT2D eigenvalue weighted by Crippen LogP contribution is -2.64. The van der Waals surface area contributed by atoms with E-state index in [0.717, 1.165) is 12.5 Å². The molecule has 0 bridgehead atoms. The Kier molecular flexibility index (Phi) is 5.08. The first-order valence-corrected chi connectivity index (χ1v) is 10.1. The molecule has 8 nitrogen and oxygen atoms in total. The van der Waals surface area contributed by atoms with Gasteiger partial charge in [-0.15, -0.1) is 0 Å². The summed E-state index contributed by atoms with van der Waals surface area (Å²) in [5, 5.41) is 28.0. The van der Waals surface area contributed by atoms with Gasteiger partial charge in [-0.05, 0) is 30.0 Å². The molecule has 3 saturated heterocycles. The van der Waals surface area contributed by atoms with Crippen molar-refractivity contribution < 1.29 is 28.5 Å². The van der Waals surface area contributed by atoms with E-state index in [0.29, 0.717) is 18.8 Å². The molecule has 1 aromatic carbocycles. The van der Waals surface area contributed by atoms with Crippen LogP contribution in [0.4, 0.5) is 8.78 Å². The summed E-state index contributed by atoms with van der Waals surface area (Å²) in [6.45, 7) is 1.38. The van der Waals surface area contributed by atoms with E-state index in [4.69, 9.17) is 15.2 Å². The van der Waals surface area contributed by atoms with Crippen molar-refractivity contribution in [2.75, 3.05) is 19.8 Å². The van der Waals surface area contributed by atoms with E-state index >= 15 is 0 Å². The number of halogens is 2. The van der Waals surface area contributed by atoms with Gasteiger partial charge in [-0.1, -0.05) is 6.07 Å². The van der Waals surface area contributed by atoms with Crippen LogP contribution < -0.4 is 16.4 Å². The second-order valence-corrected chi connectivity index (χ2v) is 8.19. The van der Waals surface area contributed by atoms with Crippen molar-refractivity contribution in [3.05, 3.63) is 34.9 Å². The van der Waals surface area contributed by atoms with Crippen LogP contribution in [0.5, 0.6) is 0 Å². The molecule has 29 heavy (non-hydrogen) atoms. The van der Waals surface area contributed by atoms with Crippen LogP contribution in [0.3, 0.4) is 0 Å². The van der Waals surface area contributed by atoms with Crippen LogP contribution in [0.1, 0.15) is 23.7 Å². The monoisotopic (exact) mass is 412 g/mol. The van der Waals surface area contributed by atoms with Gasteiger partial charge in [0.1, 0.15) is 30.6 Å². The zero-order valence-corrected chi connectivity index (χ0v) is 15.8. The van der Waals surface area contributed by atoms with E-state index in [2.05, 4.69) is 10.6 Å². The molecule has 0 spiro atoms. The Labute approximate surface area is 166 Å². The van der Waals surface area contributed by atoms with Crippen LogP contribution in [-0.4, -0.2) is 71.8 Å². The molecule has 3 unspecified atom stereocenters. The van der Waals surface area contributed by atoms with Gasteiger partial charge in [0.25, 0.3) is 0 Å². The fraction of sp³-hybridized carbons (Fsp3) is 0.684. The number of nitrogens with zero attached hydrogens (tertiary/aromatic N) is 1. The fourth-order valence-corrected chi connectivity index (χ4v) is 5.19. The molecular weight excluding hydrogens is 386 g/mol. The zero-order chi connectivity index (χ0) is 20.3. The number of nitrogens with two attached hydrogens (primary N) is 1. The van der Waals surface area contributed by atoms with Crippen LogP contribution in [0.25, 0.3) is 0 Å². The van der Waals surface area contributed by atoms with Gasteiger partial charge in [0.2, 0.25) is 0 Å². The lowest BCUT2D eigenvalue weighted by Gasteiger charge is -2.39. The molecule has 0 saturated carbocycles. The number of rotatable bonds is 2. The summed E-state index contributed by atoms with van der Waals surface area (Å²) >= 11 is 0. The van der Waals surface area contributed by atoms with Crippen LogP contribution in [0.2, 0.25) is 0 Å². The largest absolute Gasteiger partial charge is 0.387 e. The summed E-state index contributed by atoms with van der Waals surface area (Å²) in [4.78, 5) is 1.98. The molecule has 10 heteroatoms. The third-order valence-corrected chi connectivity index (χ3v) is 6.68. The van der Waals surface area contributed by atoms with Gasteiger partial charge in [-0.25, -0.2) is 8.78 Å². The second-order valence-electron chi connectivity index (χ2n) is 8.19. The Bertz CT molecular complexity index is 787. The molecule has 5 rings (SSSR count). The maximum Gasteiger partial charge on any atom is 0.162 e. The molecule has 0 amide bonds. The van der Waals surface area contributed by atoms with Crippen molar-refractivity contribution >= 4 is 0 Å². The number of ether oxygens (including phenoxy) is 2. The minimum atomic E-state index is -1.22. The first kappa shape index (κ1) is 19.7. The fourth-order valence-electron chi connectivity index (χ4n) is 5.19. The highest BCUT2D eigenvalue weighted by molar-refractivity contribution is 5.34. The average Bonchev–Trinajstić information content (AvgIpc) is 3.27. The third-order valence-electron chi connectivity index (χ3n) is 6.68. The lowest BCUT2D eigenvalue weighted by atomic mass is 9.91. The Morgan fingerprint density at radius 3 is 2.83 bits per heavy atom. The van der Waals surface area contributed by atoms with Crippen LogP contribution in [-0.2, 0) is 15.9 Å². The van der Waals surface area contributed by atoms with Gasteiger partial charge >= 0.3 is 0 Å². The summed E-state index contributed by atoms with van der Waals surface area (Å²) in [6.07, 6.45) is -3.98. The lowest BCUT2D eigenvalue weighted by molar-refractivity contribution is -0.142. The van der Waals surface area contributed by atoms with Crippen molar-refractivity contribution in [3.8, 4) is 0 Å². The van der Waals surface area contributed by atoms with Crippen molar-refractivity contribution in [1.82, 2.24) is 15.5 Å². The van der Waals surface area contributed by atoms with Crippen LogP contribution in [0, 0.1) is 17.6 Å². The Morgan fingerprint density at radius 1 is 1.17 bits per heavy atom. The molecule has 4 aliphatic rings. The third kappa shape index (κ3) is 3.10. The van der Waals surface area contributed by atoms with Gasteiger partial charge in [-0.3, -0.25) is 15.5 Å². The van der Waals surface area contributed by atoms with E-state index in [1.165, 1.54) is 6.07 Å². The van der Waals surface area contributed by atoms with Crippen LogP contribution in [0.15, 0.2) is 12.1 Å². The Balaban J connectivity index is 1.40. The highest BCUT2D eigenvalue weighted by Crippen LogP contribution is 2.41. The van der Waals surface area contributed by atoms with Gasteiger partial charge in [-0.2, -0.15) is 0 Å². The van der Waals surface area contributed by atoms with E-state index in [1.54, 1.807) is 0 Å². The van der Waals surface area contributed by atoms with Crippen molar-refractivity contribution in [2.45, 2.75) is 55.8 Å². The summed E-state index contributed by atoms with van der Waals surface area (Å²) in [6, 6.07) is 2.52. The predicted molar refractivity (Wildman–Crippen MR) is 97.1 cm³/mol. The first-order chi connectivity index (χ1) is 14.0. The summed E-state index contributed by atoms with van der Waals surface area (Å²) in [5.74, 6) is -1.65. The molecule has 3 fully saturated rings. The second kappa shape index (κ2) is 7.47. The zero-order valence-electron chi connectivity index (χ0n) is 15.8. The Morgan fingerprint density at radius 2 is 2.00 bits per heavy atom. The molecule has 160 valence electrons. The molecule has 0 aliphatic carbocycles. The molecule has 4 heterocycles. The van der Waals surface area contributed by atoms with Crippen LogP contribution >= 0.6 is 0 Å². The Hall–Kier alpha value is -1.24. The maximum atomic E-state index is 14.2.